The molecule has 0 radical (unpaired) electrons. The zero-order valence-corrected chi connectivity index (χ0v) is 17.1. The number of carbonyl (C=O) groups excluding carboxylic acids is 1. The molecular weight excluding hydrogens is 382 g/mol. The Bertz CT molecular complexity index is 927. The fraction of sp³-hybridized carbons (Fsp3) is 0.364. The molecule has 3 rings (SSSR count). The van der Waals surface area contributed by atoms with Crippen LogP contribution in [0.25, 0.3) is 11.4 Å². The van der Waals surface area contributed by atoms with Crippen LogP contribution < -0.4 is 10.1 Å². The monoisotopic (exact) mass is 409 g/mol. The molecule has 0 unspecified atom stereocenters. The van der Waals surface area contributed by atoms with E-state index in [2.05, 4.69) is 32.9 Å². The van der Waals surface area contributed by atoms with Crippen LogP contribution in [0.2, 0.25) is 0 Å². The van der Waals surface area contributed by atoms with Gasteiger partial charge in [0.05, 0.1) is 6.61 Å². The minimum absolute atomic E-state index is 0.187. The van der Waals surface area contributed by atoms with Crippen LogP contribution in [0.1, 0.15) is 37.3 Å². The second-order valence-electron chi connectivity index (χ2n) is 6.97. The van der Waals surface area contributed by atoms with Gasteiger partial charge in [-0.05, 0) is 54.8 Å². The van der Waals surface area contributed by atoms with E-state index in [-0.39, 0.29) is 12.2 Å². The predicted octanol–water partition coefficient (Wildman–Crippen LogP) is 3.54. The van der Waals surface area contributed by atoms with Crippen LogP contribution in [0.15, 0.2) is 36.4 Å². The Morgan fingerprint density at radius 3 is 2.70 bits per heavy atom. The number of aromatic hydroxyl groups is 1. The summed E-state index contributed by atoms with van der Waals surface area (Å²) in [5, 5.41) is 27.7. The summed E-state index contributed by atoms with van der Waals surface area (Å²) in [5.74, 6) is 1.47. The lowest BCUT2D eigenvalue weighted by atomic mass is 10.0. The summed E-state index contributed by atoms with van der Waals surface area (Å²) < 4.78 is 5.91. The zero-order valence-electron chi connectivity index (χ0n) is 17.1. The van der Waals surface area contributed by atoms with E-state index >= 15 is 0 Å². The molecular formula is C22H27N5O3. The first kappa shape index (κ1) is 21.3. The second-order valence-corrected chi connectivity index (χ2v) is 6.97. The molecule has 1 heterocycles. The Balaban J connectivity index is 1.43. The number of aldehydes is 1. The van der Waals surface area contributed by atoms with Crippen molar-refractivity contribution < 1.29 is 14.6 Å². The third-order valence-electron chi connectivity index (χ3n) is 4.77. The molecule has 3 aromatic rings. The molecule has 0 amide bonds. The molecule has 158 valence electrons. The number of nitrogens with zero attached hydrogens (tertiary/aromatic N) is 3. The highest BCUT2D eigenvalue weighted by Gasteiger charge is 2.13. The van der Waals surface area contributed by atoms with Crippen LogP contribution in [0.4, 0.5) is 5.69 Å². The number of anilines is 1. The highest BCUT2D eigenvalue weighted by Crippen LogP contribution is 2.33. The van der Waals surface area contributed by atoms with Crippen LogP contribution in [0, 0.1) is 0 Å². The van der Waals surface area contributed by atoms with E-state index in [4.69, 9.17) is 4.74 Å². The fourth-order valence-electron chi connectivity index (χ4n) is 3.21. The van der Waals surface area contributed by atoms with Gasteiger partial charge in [0.2, 0.25) is 5.82 Å². The molecule has 0 aliphatic carbocycles. The minimum atomic E-state index is 0.187. The van der Waals surface area contributed by atoms with Gasteiger partial charge in [-0.1, -0.05) is 19.4 Å². The average Bonchev–Trinajstić information content (AvgIpc) is 3.30. The lowest BCUT2D eigenvalue weighted by Crippen LogP contribution is -2.06. The number of hydrogen-bond donors (Lipinski definition) is 3. The topological polar surface area (TPSA) is 113 Å². The van der Waals surface area contributed by atoms with Gasteiger partial charge in [0.15, 0.2) is 0 Å². The van der Waals surface area contributed by atoms with Gasteiger partial charge in [0.25, 0.3) is 0 Å². The van der Waals surface area contributed by atoms with Crippen molar-refractivity contribution >= 4 is 12.0 Å². The van der Waals surface area contributed by atoms with Gasteiger partial charge in [0, 0.05) is 35.3 Å². The lowest BCUT2D eigenvalue weighted by Gasteiger charge is -2.15. The van der Waals surface area contributed by atoms with Crippen molar-refractivity contribution in [2.45, 2.75) is 39.0 Å². The summed E-state index contributed by atoms with van der Waals surface area (Å²) in [5.41, 5.74) is 3.38. The number of tetrazole rings is 1. The van der Waals surface area contributed by atoms with Crippen molar-refractivity contribution in [3.05, 3.63) is 47.5 Å². The van der Waals surface area contributed by atoms with Crippen LogP contribution in [-0.2, 0) is 17.6 Å². The summed E-state index contributed by atoms with van der Waals surface area (Å²) >= 11 is 0. The van der Waals surface area contributed by atoms with Gasteiger partial charge in [-0.3, -0.25) is 0 Å². The molecule has 0 aliphatic rings. The summed E-state index contributed by atoms with van der Waals surface area (Å²) in [6.45, 7) is 3.45. The van der Waals surface area contributed by atoms with Gasteiger partial charge in [-0.15, -0.1) is 10.2 Å². The van der Waals surface area contributed by atoms with Crippen LogP contribution in [0.5, 0.6) is 11.5 Å². The Morgan fingerprint density at radius 1 is 1.17 bits per heavy atom. The van der Waals surface area contributed by atoms with Crippen LogP contribution in [-0.4, -0.2) is 45.2 Å². The van der Waals surface area contributed by atoms with E-state index in [0.717, 1.165) is 55.3 Å². The van der Waals surface area contributed by atoms with Gasteiger partial charge >= 0.3 is 0 Å². The Labute approximate surface area is 175 Å². The van der Waals surface area contributed by atoms with Crippen molar-refractivity contribution in [1.29, 1.82) is 0 Å². The van der Waals surface area contributed by atoms with Crippen molar-refractivity contribution in [3.63, 3.8) is 0 Å². The maximum atomic E-state index is 10.8. The minimum Gasteiger partial charge on any atom is -0.507 e. The number of ether oxygens (including phenoxy) is 1. The molecule has 8 heteroatoms. The molecule has 0 fully saturated rings. The van der Waals surface area contributed by atoms with E-state index in [9.17, 15) is 9.90 Å². The molecule has 30 heavy (non-hydrogen) atoms. The van der Waals surface area contributed by atoms with Crippen molar-refractivity contribution in [3.8, 4) is 22.9 Å². The Kier molecular flexibility index (Phi) is 7.77. The highest BCUT2D eigenvalue weighted by molar-refractivity contribution is 5.60. The molecule has 0 atom stereocenters. The standard InChI is InChI=1S/C22H27N5O3/c1-2-5-19-20(11-8-16(12-14-28)21(19)29)30-15-4-3-13-23-18-9-6-17(7-10-18)22-24-26-27-25-22/h6-11,14,23,29H,2-5,12-13,15H2,1H3,(H,24,25,26,27). The Hall–Kier alpha value is -3.42. The lowest BCUT2D eigenvalue weighted by molar-refractivity contribution is -0.107. The van der Waals surface area contributed by atoms with E-state index < -0.39 is 0 Å². The van der Waals surface area contributed by atoms with Crippen molar-refractivity contribution in [2.75, 3.05) is 18.5 Å². The van der Waals surface area contributed by atoms with Crippen molar-refractivity contribution in [2.24, 2.45) is 0 Å². The third kappa shape index (κ3) is 5.56. The number of nitrogens with one attached hydrogen (secondary N) is 2. The number of aromatic nitrogens is 4. The highest BCUT2D eigenvalue weighted by atomic mass is 16.5. The Morgan fingerprint density at radius 2 is 2.00 bits per heavy atom. The predicted molar refractivity (Wildman–Crippen MR) is 115 cm³/mol. The van der Waals surface area contributed by atoms with Crippen LogP contribution in [0.3, 0.4) is 0 Å². The largest absolute Gasteiger partial charge is 0.507 e. The number of phenols is 1. The SMILES string of the molecule is CCCc1c(OCCCCNc2ccc(-c3nn[nH]n3)cc2)ccc(CC=O)c1O. The molecule has 2 aromatic carbocycles. The maximum Gasteiger partial charge on any atom is 0.204 e. The number of carbonyl (C=O) groups is 1. The number of unbranched alkanes of at least 4 members (excludes halogenated alkanes) is 1. The zero-order chi connectivity index (χ0) is 21.2. The van der Waals surface area contributed by atoms with Gasteiger partial charge in [0.1, 0.15) is 17.8 Å². The normalized spacial score (nSPS) is 10.7. The van der Waals surface area contributed by atoms with Gasteiger partial charge in [-0.25, -0.2) is 0 Å². The molecule has 0 spiro atoms. The number of hydrogen-bond acceptors (Lipinski definition) is 7. The first-order chi connectivity index (χ1) is 14.7. The van der Waals surface area contributed by atoms with Crippen molar-refractivity contribution in [1.82, 2.24) is 20.6 Å². The number of rotatable bonds is 12. The molecule has 0 saturated carbocycles. The van der Waals surface area contributed by atoms with Crippen LogP contribution >= 0.6 is 0 Å². The first-order valence-corrected chi connectivity index (χ1v) is 10.2. The molecule has 0 aliphatic heterocycles. The number of phenolic OH excluding ortho intramolecular Hbond substituents is 1. The molecule has 1 aromatic heterocycles. The summed E-state index contributed by atoms with van der Waals surface area (Å²) in [6.07, 6.45) is 4.46. The van der Waals surface area contributed by atoms with Gasteiger partial charge in [-0.2, -0.15) is 5.21 Å². The molecule has 0 saturated heterocycles. The van der Waals surface area contributed by atoms with E-state index in [0.29, 0.717) is 23.7 Å². The van der Waals surface area contributed by atoms with E-state index in [1.807, 2.05) is 30.3 Å². The fourth-order valence-corrected chi connectivity index (χ4v) is 3.21. The smallest absolute Gasteiger partial charge is 0.204 e. The average molecular weight is 409 g/mol. The quantitative estimate of drug-likeness (QED) is 0.310. The molecule has 8 nitrogen and oxygen atoms in total. The number of benzene rings is 2. The number of H-pyrrole nitrogens is 1. The molecule has 3 N–H and O–H groups in total. The second kappa shape index (κ2) is 10.9. The first-order valence-electron chi connectivity index (χ1n) is 10.2. The van der Waals surface area contributed by atoms with E-state index in [1.54, 1.807) is 6.07 Å². The summed E-state index contributed by atoms with van der Waals surface area (Å²) in [7, 11) is 0. The van der Waals surface area contributed by atoms with E-state index in [1.165, 1.54) is 0 Å². The number of aromatic amines is 1. The van der Waals surface area contributed by atoms with Gasteiger partial charge < -0.3 is 20.0 Å². The summed E-state index contributed by atoms with van der Waals surface area (Å²) in [6, 6.07) is 11.5. The molecule has 0 bridgehead atoms. The third-order valence-corrected chi connectivity index (χ3v) is 4.77. The maximum absolute atomic E-state index is 10.8. The summed E-state index contributed by atoms with van der Waals surface area (Å²) in [4.78, 5) is 10.8.